The van der Waals surface area contributed by atoms with Crippen molar-refractivity contribution in [2.45, 2.75) is 19.4 Å². The van der Waals surface area contributed by atoms with Crippen molar-refractivity contribution in [3.05, 3.63) is 65.6 Å². The van der Waals surface area contributed by atoms with Gasteiger partial charge in [0.2, 0.25) is 11.8 Å². The Hall–Kier alpha value is -3.34. The highest BCUT2D eigenvalue weighted by Crippen LogP contribution is 2.12. The number of nitrogens with one attached hydrogen (secondary N) is 1. The molecule has 0 aliphatic carbocycles. The molecule has 2 aromatic rings. The third-order valence-electron chi connectivity index (χ3n) is 3.42. The van der Waals surface area contributed by atoms with Gasteiger partial charge in [0.15, 0.2) is 5.69 Å². The number of carbonyl (C=O) groups is 1. The van der Waals surface area contributed by atoms with Gasteiger partial charge in [0.25, 0.3) is 0 Å². The van der Waals surface area contributed by atoms with Crippen LogP contribution in [0.15, 0.2) is 42.7 Å². The summed E-state index contributed by atoms with van der Waals surface area (Å²) in [5, 5.41) is 11.1. The zero-order valence-electron chi connectivity index (χ0n) is 13.8. The average molecular weight is 358 g/mol. The Morgan fingerprint density at radius 2 is 2.00 bits per heavy atom. The van der Waals surface area contributed by atoms with E-state index in [1.807, 2.05) is 6.07 Å². The molecule has 26 heavy (non-hydrogen) atoms. The molecule has 1 aromatic heterocycles. The minimum Gasteiger partial charge on any atom is -0.477 e. The zero-order chi connectivity index (χ0) is 18.9. The summed E-state index contributed by atoms with van der Waals surface area (Å²) in [6, 6.07) is 5.36. The molecule has 2 rings (SSSR count). The summed E-state index contributed by atoms with van der Waals surface area (Å²) in [4.78, 5) is 19.6. The van der Waals surface area contributed by atoms with Gasteiger partial charge in [0.1, 0.15) is 17.7 Å². The predicted molar refractivity (Wildman–Crippen MR) is 88.8 cm³/mol. The van der Waals surface area contributed by atoms with Gasteiger partial charge >= 0.3 is 0 Å². The molecule has 1 heterocycles. The lowest BCUT2D eigenvalue weighted by molar-refractivity contribution is -0.117. The minimum atomic E-state index is -0.715. The van der Waals surface area contributed by atoms with E-state index in [4.69, 9.17) is 10.00 Å². The summed E-state index contributed by atoms with van der Waals surface area (Å²) in [6.45, 7) is 3.68. The molecule has 0 aliphatic rings. The molecule has 0 saturated heterocycles. The van der Waals surface area contributed by atoms with E-state index >= 15 is 0 Å². The molecule has 1 N–H and O–H groups in total. The number of ether oxygens (including phenoxy) is 1. The minimum absolute atomic E-state index is 0.189. The summed E-state index contributed by atoms with van der Waals surface area (Å²) in [7, 11) is 0. The van der Waals surface area contributed by atoms with Gasteiger partial charge in [0, 0.05) is 17.7 Å². The quantitative estimate of drug-likeness (QED) is 0.579. The highest BCUT2D eigenvalue weighted by molar-refractivity contribution is 5.92. The number of carbonyl (C=O) groups excluding carboxylic acids is 1. The fourth-order valence-electron chi connectivity index (χ4n) is 2.02. The number of halogens is 2. The largest absolute Gasteiger partial charge is 0.477 e. The monoisotopic (exact) mass is 358 g/mol. The van der Waals surface area contributed by atoms with Crippen molar-refractivity contribution in [3.8, 4) is 11.9 Å². The predicted octanol–water partition coefficient (Wildman–Crippen LogP) is 2.66. The molecule has 0 fully saturated rings. The van der Waals surface area contributed by atoms with Crippen LogP contribution in [0.4, 0.5) is 8.78 Å². The van der Waals surface area contributed by atoms with Gasteiger partial charge < -0.3 is 10.1 Å². The van der Waals surface area contributed by atoms with Gasteiger partial charge in [-0.1, -0.05) is 12.6 Å². The Balaban J connectivity index is 1.71. The van der Waals surface area contributed by atoms with Crippen LogP contribution in [0, 0.1) is 23.0 Å². The van der Waals surface area contributed by atoms with Gasteiger partial charge in [-0.15, -0.1) is 0 Å². The number of nitrogens with zero attached hydrogens (tertiary/aromatic N) is 3. The van der Waals surface area contributed by atoms with Crippen LogP contribution in [0.1, 0.15) is 24.1 Å². The maximum absolute atomic E-state index is 13.5. The van der Waals surface area contributed by atoms with Crippen molar-refractivity contribution >= 4 is 5.91 Å². The SMILES string of the molecule is C=C(CCCOc1cnc(C#N)cn1)C(=O)NCc1c(F)cccc1F. The third kappa shape index (κ3) is 5.34. The van der Waals surface area contributed by atoms with Crippen LogP contribution in [0.25, 0.3) is 0 Å². The number of rotatable bonds is 8. The lowest BCUT2D eigenvalue weighted by Crippen LogP contribution is -2.25. The second-order valence-electron chi connectivity index (χ2n) is 5.29. The number of hydrogen-bond acceptors (Lipinski definition) is 5. The van der Waals surface area contributed by atoms with Crippen molar-refractivity contribution in [1.82, 2.24) is 15.3 Å². The van der Waals surface area contributed by atoms with Crippen LogP contribution in [-0.4, -0.2) is 22.5 Å². The number of hydrogen-bond donors (Lipinski definition) is 1. The van der Waals surface area contributed by atoms with Crippen molar-refractivity contribution < 1.29 is 18.3 Å². The van der Waals surface area contributed by atoms with E-state index in [2.05, 4.69) is 21.9 Å². The van der Waals surface area contributed by atoms with E-state index in [0.29, 0.717) is 12.8 Å². The Morgan fingerprint density at radius 3 is 2.62 bits per heavy atom. The van der Waals surface area contributed by atoms with Gasteiger partial charge in [-0.2, -0.15) is 5.26 Å². The van der Waals surface area contributed by atoms with Crippen LogP contribution in [0.5, 0.6) is 5.88 Å². The van der Waals surface area contributed by atoms with Gasteiger partial charge in [-0.25, -0.2) is 18.7 Å². The van der Waals surface area contributed by atoms with Crippen molar-refractivity contribution in [2.24, 2.45) is 0 Å². The molecule has 134 valence electrons. The summed E-state index contributed by atoms with van der Waals surface area (Å²) in [6.07, 6.45) is 3.46. The number of aromatic nitrogens is 2. The molecule has 0 aliphatic heterocycles. The summed E-state index contributed by atoms with van der Waals surface area (Å²) in [5.41, 5.74) is 0.265. The maximum Gasteiger partial charge on any atom is 0.246 e. The van der Waals surface area contributed by atoms with E-state index in [9.17, 15) is 13.6 Å². The first-order valence-electron chi connectivity index (χ1n) is 7.75. The van der Waals surface area contributed by atoms with E-state index in [-0.39, 0.29) is 35.9 Å². The second-order valence-corrected chi connectivity index (χ2v) is 5.29. The molecule has 8 heteroatoms. The Morgan fingerprint density at radius 1 is 1.27 bits per heavy atom. The van der Waals surface area contributed by atoms with Crippen molar-refractivity contribution in [1.29, 1.82) is 5.26 Å². The second kappa shape index (κ2) is 9.22. The fourth-order valence-corrected chi connectivity index (χ4v) is 2.02. The van der Waals surface area contributed by atoms with Gasteiger partial charge in [-0.3, -0.25) is 4.79 Å². The summed E-state index contributed by atoms with van der Waals surface area (Å²) >= 11 is 0. The number of amides is 1. The molecular formula is C18H16F2N4O2. The molecular weight excluding hydrogens is 342 g/mol. The van der Waals surface area contributed by atoms with Crippen LogP contribution < -0.4 is 10.1 Å². The van der Waals surface area contributed by atoms with Crippen LogP contribution in [0.3, 0.4) is 0 Å². The standard InChI is InChI=1S/C18H16F2N4O2/c1-12(4-3-7-26-17-11-22-13(8-21)9-23-17)18(25)24-10-14-15(19)5-2-6-16(14)20/h2,5-6,9,11H,1,3-4,7,10H2,(H,24,25). The maximum atomic E-state index is 13.5. The highest BCUT2D eigenvalue weighted by atomic mass is 19.1. The van der Waals surface area contributed by atoms with E-state index in [1.165, 1.54) is 18.5 Å². The summed E-state index contributed by atoms with van der Waals surface area (Å²) < 4.78 is 32.3. The molecule has 1 aromatic carbocycles. The smallest absolute Gasteiger partial charge is 0.246 e. The van der Waals surface area contributed by atoms with E-state index < -0.39 is 17.5 Å². The van der Waals surface area contributed by atoms with Gasteiger partial charge in [0.05, 0.1) is 19.0 Å². The first-order chi connectivity index (χ1) is 12.5. The topological polar surface area (TPSA) is 87.9 Å². The molecule has 0 spiro atoms. The molecule has 6 nitrogen and oxygen atoms in total. The Labute approximate surface area is 149 Å². The first kappa shape index (κ1) is 19.0. The lowest BCUT2D eigenvalue weighted by atomic mass is 10.1. The molecule has 1 amide bonds. The molecule has 0 bridgehead atoms. The molecule has 0 atom stereocenters. The lowest BCUT2D eigenvalue weighted by Gasteiger charge is -2.09. The fraction of sp³-hybridized carbons (Fsp3) is 0.222. The third-order valence-corrected chi connectivity index (χ3v) is 3.42. The summed E-state index contributed by atoms with van der Waals surface area (Å²) in [5.74, 6) is -1.64. The average Bonchev–Trinajstić information content (AvgIpc) is 2.65. The van der Waals surface area contributed by atoms with Crippen molar-refractivity contribution in [2.75, 3.05) is 6.61 Å². The first-order valence-corrected chi connectivity index (χ1v) is 7.75. The Kier molecular flexibility index (Phi) is 6.74. The van der Waals surface area contributed by atoms with Gasteiger partial charge in [-0.05, 0) is 25.0 Å². The van der Waals surface area contributed by atoms with Crippen LogP contribution in [0.2, 0.25) is 0 Å². The number of benzene rings is 1. The van der Waals surface area contributed by atoms with E-state index in [0.717, 1.165) is 12.1 Å². The van der Waals surface area contributed by atoms with E-state index in [1.54, 1.807) is 0 Å². The zero-order valence-corrected chi connectivity index (χ0v) is 13.8. The normalized spacial score (nSPS) is 10.0. The Bertz CT molecular complexity index is 812. The molecule has 0 radical (unpaired) electrons. The molecule has 0 unspecified atom stereocenters. The van der Waals surface area contributed by atoms with Crippen LogP contribution >= 0.6 is 0 Å². The van der Waals surface area contributed by atoms with Crippen LogP contribution in [-0.2, 0) is 11.3 Å². The number of nitriles is 1. The molecule has 0 saturated carbocycles. The highest BCUT2D eigenvalue weighted by Gasteiger charge is 2.11. The van der Waals surface area contributed by atoms with Crippen molar-refractivity contribution in [3.63, 3.8) is 0 Å².